The largest absolute Gasteiger partial charge is 0.356 e. The number of rotatable bonds is 3. The van der Waals surface area contributed by atoms with Crippen LogP contribution in [0.25, 0.3) is 10.8 Å². The van der Waals surface area contributed by atoms with Gasteiger partial charge in [0, 0.05) is 24.5 Å². The van der Waals surface area contributed by atoms with Crippen molar-refractivity contribution in [3.8, 4) is 12.3 Å². The van der Waals surface area contributed by atoms with E-state index in [1.165, 1.54) is 0 Å². The van der Waals surface area contributed by atoms with Crippen molar-refractivity contribution in [3.05, 3.63) is 69.8 Å². The summed E-state index contributed by atoms with van der Waals surface area (Å²) in [6, 6.07) is 15.2. The topological polar surface area (TPSA) is 45.2 Å². The Labute approximate surface area is 179 Å². The summed E-state index contributed by atoms with van der Waals surface area (Å²) in [5, 5.41) is 5.90. The van der Waals surface area contributed by atoms with Gasteiger partial charge in [-0.25, -0.2) is 4.98 Å². The normalized spacial score (nSPS) is 14.6. The van der Waals surface area contributed by atoms with Crippen LogP contribution in [0.4, 0.5) is 5.82 Å². The molecule has 0 unspecified atom stereocenters. The fraction of sp³-hybridized carbons (Fsp3) is 0.217. The zero-order chi connectivity index (χ0) is 20.4. The van der Waals surface area contributed by atoms with Crippen molar-refractivity contribution in [3.63, 3.8) is 0 Å². The van der Waals surface area contributed by atoms with Crippen LogP contribution >= 0.6 is 23.2 Å². The van der Waals surface area contributed by atoms with Crippen molar-refractivity contribution in [1.82, 2.24) is 10.3 Å². The predicted octanol–water partition coefficient (Wildman–Crippen LogP) is 4.92. The molecule has 3 aromatic rings. The Bertz CT molecular complexity index is 1110. The number of fused-ring (bicyclic) bond motifs is 1. The van der Waals surface area contributed by atoms with E-state index in [1.54, 1.807) is 18.2 Å². The van der Waals surface area contributed by atoms with Crippen LogP contribution in [0.2, 0.25) is 10.0 Å². The van der Waals surface area contributed by atoms with E-state index in [0.29, 0.717) is 16.3 Å². The molecule has 1 aliphatic rings. The lowest BCUT2D eigenvalue weighted by atomic mass is 10.0. The number of pyridine rings is 1. The fourth-order valence-corrected chi connectivity index (χ4v) is 4.06. The van der Waals surface area contributed by atoms with Crippen molar-refractivity contribution < 1.29 is 4.79 Å². The second kappa shape index (κ2) is 8.32. The number of halogens is 2. The first-order valence-corrected chi connectivity index (χ1v) is 10.2. The molecule has 0 bridgehead atoms. The van der Waals surface area contributed by atoms with Gasteiger partial charge < -0.3 is 10.2 Å². The highest BCUT2D eigenvalue weighted by Crippen LogP contribution is 2.29. The number of carbonyl (C=O) groups is 1. The van der Waals surface area contributed by atoms with E-state index in [2.05, 4.69) is 27.2 Å². The molecule has 1 aromatic heterocycles. The number of hydrogen-bond donors (Lipinski definition) is 1. The van der Waals surface area contributed by atoms with Gasteiger partial charge >= 0.3 is 0 Å². The van der Waals surface area contributed by atoms with E-state index in [1.807, 2.05) is 24.3 Å². The van der Waals surface area contributed by atoms with Crippen LogP contribution in [0, 0.1) is 12.3 Å². The zero-order valence-corrected chi connectivity index (χ0v) is 17.2. The highest BCUT2D eigenvalue weighted by molar-refractivity contribution is 6.43. The van der Waals surface area contributed by atoms with Gasteiger partial charge in [-0.2, -0.15) is 0 Å². The Balaban J connectivity index is 1.48. The van der Waals surface area contributed by atoms with Gasteiger partial charge in [0.25, 0.3) is 5.91 Å². The molecule has 2 aromatic carbocycles. The molecule has 4 nitrogen and oxygen atoms in total. The minimum Gasteiger partial charge on any atom is -0.356 e. The molecule has 2 heterocycles. The Hall–Kier alpha value is -2.74. The lowest BCUT2D eigenvalue weighted by molar-refractivity contribution is 0.0931. The molecule has 1 saturated heterocycles. The SMILES string of the molecule is C#Cc1cc2ccccc2c(N2CCC(NC(=O)c3cccc(Cl)c3Cl)CC2)n1. The number of piperidine rings is 1. The predicted molar refractivity (Wildman–Crippen MR) is 119 cm³/mol. The van der Waals surface area contributed by atoms with Gasteiger partial charge in [0.1, 0.15) is 11.5 Å². The Morgan fingerprint density at radius 1 is 1.14 bits per heavy atom. The number of nitrogens with zero attached hydrogens (tertiary/aromatic N) is 2. The Morgan fingerprint density at radius 2 is 1.90 bits per heavy atom. The number of amides is 1. The minimum atomic E-state index is -0.200. The van der Waals surface area contributed by atoms with Gasteiger partial charge in [-0.3, -0.25) is 4.79 Å². The average molecular weight is 424 g/mol. The molecular formula is C23H19Cl2N3O. The molecule has 0 atom stereocenters. The van der Waals surface area contributed by atoms with Crippen LogP contribution in [0.1, 0.15) is 28.9 Å². The highest BCUT2D eigenvalue weighted by Gasteiger charge is 2.24. The highest BCUT2D eigenvalue weighted by atomic mass is 35.5. The van der Waals surface area contributed by atoms with Gasteiger partial charge in [0.2, 0.25) is 0 Å². The molecule has 6 heteroatoms. The third-order valence-corrected chi connectivity index (χ3v) is 6.01. The molecule has 1 amide bonds. The van der Waals surface area contributed by atoms with E-state index in [-0.39, 0.29) is 17.0 Å². The minimum absolute atomic E-state index is 0.0656. The summed E-state index contributed by atoms with van der Waals surface area (Å²) >= 11 is 12.2. The summed E-state index contributed by atoms with van der Waals surface area (Å²) in [4.78, 5) is 19.5. The molecule has 0 aliphatic carbocycles. The number of benzene rings is 2. The first-order valence-electron chi connectivity index (χ1n) is 9.43. The number of terminal acetylenes is 1. The number of anilines is 1. The molecule has 1 aliphatic heterocycles. The van der Waals surface area contributed by atoms with Crippen LogP contribution in [0.5, 0.6) is 0 Å². The molecule has 4 rings (SSSR count). The van der Waals surface area contributed by atoms with Crippen molar-refractivity contribution in [1.29, 1.82) is 0 Å². The summed E-state index contributed by atoms with van der Waals surface area (Å²) < 4.78 is 0. The van der Waals surface area contributed by atoms with Crippen molar-refractivity contribution in [2.45, 2.75) is 18.9 Å². The number of aromatic nitrogens is 1. The summed E-state index contributed by atoms with van der Waals surface area (Å²) in [5.74, 6) is 3.34. The first kappa shape index (κ1) is 19.6. The maximum atomic E-state index is 12.6. The first-order chi connectivity index (χ1) is 14.1. The lowest BCUT2D eigenvalue weighted by Gasteiger charge is -2.34. The maximum absolute atomic E-state index is 12.6. The second-order valence-corrected chi connectivity index (χ2v) is 7.82. The molecule has 1 N–H and O–H groups in total. The Morgan fingerprint density at radius 3 is 2.66 bits per heavy atom. The van der Waals surface area contributed by atoms with E-state index >= 15 is 0 Å². The summed E-state index contributed by atoms with van der Waals surface area (Å²) in [6.07, 6.45) is 7.21. The van der Waals surface area contributed by atoms with Gasteiger partial charge in [-0.05, 0) is 36.4 Å². The molecule has 0 radical (unpaired) electrons. The molecule has 0 saturated carbocycles. The van der Waals surface area contributed by atoms with Crippen molar-refractivity contribution in [2.24, 2.45) is 0 Å². The van der Waals surface area contributed by atoms with E-state index in [4.69, 9.17) is 29.6 Å². The second-order valence-electron chi connectivity index (χ2n) is 7.03. The van der Waals surface area contributed by atoms with Crippen LogP contribution in [0.3, 0.4) is 0 Å². The number of nitrogens with one attached hydrogen (secondary N) is 1. The summed E-state index contributed by atoms with van der Waals surface area (Å²) in [6.45, 7) is 1.55. The van der Waals surface area contributed by atoms with E-state index in [0.717, 1.165) is 42.5 Å². The van der Waals surface area contributed by atoms with Crippen LogP contribution in [0.15, 0.2) is 48.5 Å². The van der Waals surface area contributed by atoms with Gasteiger partial charge in [0.05, 0.1) is 15.6 Å². The van der Waals surface area contributed by atoms with Gasteiger partial charge in [-0.15, -0.1) is 6.42 Å². The summed E-state index contributed by atoms with van der Waals surface area (Å²) in [7, 11) is 0. The fourth-order valence-electron chi connectivity index (χ4n) is 3.67. The smallest absolute Gasteiger partial charge is 0.253 e. The molecule has 1 fully saturated rings. The van der Waals surface area contributed by atoms with Crippen LogP contribution in [-0.2, 0) is 0 Å². The molecule has 0 spiro atoms. The van der Waals surface area contributed by atoms with Gasteiger partial charge in [-0.1, -0.05) is 59.5 Å². The number of hydrogen-bond acceptors (Lipinski definition) is 3. The zero-order valence-electron chi connectivity index (χ0n) is 15.7. The standard InChI is InChI=1S/C23H19Cl2N3O/c1-2-16-14-15-6-3-4-7-18(15)22(26-16)28-12-10-17(11-13-28)27-23(29)19-8-5-9-20(24)21(19)25/h1,3-9,14,17H,10-13H2,(H,27,29). The van der Waals surface area contributed by atoms with Crippen molar-refractivity contribution in [2.75, 3.05) is 18.0 Å². The Kier molecular flexibility index (Phi) is 5.62. The molecule has 29 heavy (non-hydrogen) atoms. The van der Waals surface area contributed by atoms with E-state index in [9.17, 15) is 4.79 Å². The molecular weight excluding hydrogens is 405 g/mol. The average Bonchev–Trinajstić information content (AvgIpc) is 2.75. The maximum Gasteiger partial charge on any atom is 0.253 e. The monoisotopic (exact) mass is 423 g/mol. The third-order valence-electron chi connectivity index (χ3n) is 5.19. The van der Waals surface area contributed by atoms with Gasteiger partial charge in [0.15, 0.2) is 0 Å². The lowest BCUT2D eigenvalue weighted by Crippen LogP contribution is -2.45. The van der Waals surface area contributed by atoms with Crippen LogP contribution < -0.4 is 10.2 Å². The summed E-state index contributed by atoms with van der Waals surface area (Å²) in [5.41, 5.74) is 1.03. The van der Waals surface area contributed by atoms with Crippen LogP contribution in [-0.4, -0.2) is 30.0 Å². The van der Waals surface area contributed by atoms with E-state index < -0.39 is 0 Å². The quantitative estimate of drug-likeness (QED) is 0.607. The number of carbonyl (C=O) groups excluding carboxylic acids is 1. The van der Waals surface area contributed by atoms with Crippen molar-refractivity contribution >= 4 is 45.7 Å². The third kappa shape index (κ3) is 4.03. The molecule has 146 valence electrons.